The summed E-state index contributed by atoms with van der Waals surface area (Å²) in [4.78, 5) is 22.8. The zero-order valence-electron chi connectivity index (χ0n) is 71.8. The van der Waals surface area contributed by atoms with Gasteiger partial charge in [-0.2, -0.15) is 5.11 Å². The van der Waals surface area contributed by atoms with E-state index < -0.39 is 9.52 Å². The summed E-state index contributed by atoms with van der Waals surface area (Å²) in [5.41, 5.74) is 8.10. The number of thioether (sulfide) groups is 1. The van der Waals surface area contributed by atoms with Crippen LogP contribution in [0, 0.1) is 0 Å². The maximum atomic E-state index is 11.2. The molecule has 1 atom stereocenters. The molecular weight excluding hydrogens is 1290 g/mol. The Morgan fingerprint density at radius 2 is 0.910 bits per heavy atom. The minimum absolute atomic E-state index is 0.336. The second-order valence-corrected chi connectivity index (χ2v) is 24.4. The van der Waals surface area contributed by atoms with E-state index in [4.69, 9.17) is 14.2 Å². The Labute approximate surface area is 628 Å². The molecule has 100 heavy (non-hydrogen) atoms. The van der Waals surface area contributed by atoms with Crippen LogP contribution in [0.5, 0.6) is 0 Å². The van der Waals surface area contributed by atoms with Crippen molar-refractivity contribution in [3.8, 4) is 0 Å². The highest BCUT2D eigenvalue weighted by Crippen LogP contribution is 2.22. The summed E-state index contributed by atoms with van der Waals surface area (Å²) >= 11 is 1.79. The highest BCUT2D eigenvalue weighted by Gasteiger charge is 2.20. The third kappa shape index (κ3) is 65.4. The average Bonchev–Trinajstić information content (AvgIpc) is 1.72. The fourth-order valence-corrected chi connectivity index (χ4v) is 9.83. The van der Waals surface area contributed by atoms with Gasteiger partial charge in [0.2, 0.25) is 0 Å². The van der Waals surface area contributed by atoms with Crippen LogP contribution < -0.4 is 0 Å². The van der Waals surface area contributed by atoms with Gasteiger partial charge in [0.15, 0.2) is 18.6 Å². The lowest BCUT2D eigenvalue weighted by Crippen LogP contribution is -2.39. The first-order valence-electron chi connectivity index (χ1n) is 37.0. The smallest absolute Gasteiger partial charge is 0.192 e. The monoisotopic (exact) mass is 1450 g/mol. The molecule has 1 unspecified atom stereocenters. The highest BCUT2D eigenvalue weighted by atomic mass is 32.2. The minimum atomic E-state index is -1.82. The van der Waals surface area contributed by atoms with Gasteiger partial charge in [0.05, 0.1) is 41.6 Å². The van der Waals surface area contributed by atoms with E-state index in [0.717, 1.165) is 68.7 Å². The van der Waals surface area contributed by atoms with Crippen molar-refractivity contribution < 1.29 is 18.4 Å². The second kappa shape index (κ2) is 80.4. The van der Waals surface area contributed by atoms with Gasteiger partial charge in [-0.05, 0) is 100.0 Å². The van der Waals surface area contributed by atoms with E-state index in [1.165, 1.54) is 78.7 Å². The van der Waals surface area contributed by atoms with Crippen LogP contribution in [0.4, 0.5) is 0 Å². The topological polar surface area (TPSA) is 108 Å². The summed E-state index contributed by atoms with van der Waals surface area (Å²) < 4.78 is 26.1. The number of allylic oxidation sites excluding steroid dienone is 6. The number of likely N-dealkylation sites (N-methyl/N-ethyl adjacent to an activating group) is 2. The Morgan fingerprint density at radius 3 is 1.15 bits per heavy atom. The Kier molecular flexibility index (Phi) is 92.7. The van der Waals surface area contributed by atoms with Crippen molar-refractivity contribution in [3.63, 3.8) is 0 Å². The van der Waals surface area contributed by atoms with E-state index in [9.17, 15) is 4.21 Å². The van der Waals surface area contributed by atoms with E-state index in [-0.39, 0.29) is 0 Å². The van der Waals surface area contributed by atoms with Crippen LogP contribution in [0.1, 0.15) is 196 Å². The van der Waals surface area contributed by atoms with Gasteiger partial charge in [-0.1, -0.05) is 232 Å². The fraction of sp³-hybridized carbons (Fsp3) is 0.662. The maximum Gasteiger partial charge on any atom is 0.192 e. The number of nitrogens with zero attached hydrogens (tertiary/aromatic N) is 14. The van der Waals surface area contributed by atoms with Crippen molar-refractivity contribution in [1.29, 1.82) is 0 Å². The summed E-state index contributed by atoms with van der Waals surface area (Å²) in [6.45, 7) is 85.5. The van der Waals surface area contributed by atoms with Crippen LogP contribution in [0.3, 0.4) is 0 Å². The Balaban J connectivity index is -0.000000109. The molecule has 10 rings (SSSR count). The molecule has 18 nitrogen and oxygen atoms in total. The molecule has 0 aliphatic carbocycles. The van der Waals surface area contributed by atoms with Crippen molar-refractivity contribution in [2.24, 2.45) is 10.3 Å². The lowest BCUT2D eigenvalue weighted by molar-refractivity contribution is -0.129. The third-order valence-electron chi connectivity index (χ3n) is 13.3. The van der Waals surface area contributed by atoms with Crippen molar-refractivity contribution in [2.45, 2.75) is 196 Å². The van der Waals surface area contributed by atoms with Crippen molar-refractivity contribution >= 4 is 27.2 Å². The van der Waals surface area contributed by atoms with E-state index >= 15 is 0 Å². The van der Waals surface area contributed by atoms with Gasteiger partial charge in [0.25, 0.3) is 0 Å². The molecule has 0 bridgehead atoms. The summed E-state index contributed by atoms with van der Waals surface area (Å²) in [5, 5.41) is 10.2. The highest BCUT2D eigenvalue weighted by molar-refractivity contribution is 8.02. The van der Waals surface area contributed by atoms with Gasteiger partial charge in [0.1, 0.15) is 20.0 Å². The normalized spacial score (nSPS) is 18.5. The van der Waals surface area contributed by atoms with E-state index in [1.807, 2.05) is 209 Å². The van der Waals surface area contributed by atoms with Gasteiger partial charge in [-0.25, -0.2) is 0 Å². The van der Waals surface area contributed by atoms with Crippen molar-refractivity contribution in [1.82, 2.24) is 58.9 Å². The van der Waals surface area contributed by atoms with Crippen LogP contribution >= 0.6 is 11.8 Å². The number of rotatable bonds is 0. The summed E-state index contributed by atoms with van der Waals surface area (Å²) in [7, 11) is 22.2. The van der Waals surface area contributed by atoms with Crippen LogP contribution in [0.25, 0.3) is 0 Å². The molecule has 6 saturated heterocycles. The summed E-state index contributed by atoms with van der Waals surface area (Å²) in [6, 6.07) is 0. The van der Waals surface area contributed by atoms with Gasteiger partial charge in [-0.15, -0.1) is 0 Å². The zero-order chi connectivity index (χ0) is 80.5. The van der Waals surface area contributed by atoms with E-state index in [2.05, 4.69) is 182 Å². The maximum absolute atomic E-state index is 11.2. The number of piperidine rings is 1. The first kappa shape index (κ1) is 115. The van der Waals surface area contributed by atoms with Crippen LogP contribution in [-0.2, 0) is 23.7 Å². The predicted molar refractivity (Wildman–Crippen MR) is 456 cm³/mol. The molecule has 0 aromatic rings. The molecular formula is C80H166N14O4S2. The average molecular weight is 1450 g/mol. The molecule has 0 aromatic heterocycles. The summed E-state index contributed by atoms with van der Waals surface area (Å²) in [5.74, 6) is 7.25. The lowest BCUT2D eigenvalue weighted by atomic mass is 10.1. The molecule has 0 amide bonds. The number of ether oxygens (including phenoxy) is 3. The standard InChI is InChI=1S/C7H13N.2C7H11N.C6H12N2O.C6H12N2S.C6H11NOS.C6H11N.C6H9N.C5H9NO2.C4H7N3.10C2H6/c3*1-7-5-3-4-6-8(7)2;2*1-6-8(3)4-7(2)5-9-6;1-6-4-9(3,8)5-7(6)2;2*1-6-4-3-5-7(6)2;1-5-6(2)3-7-4-8-5;1-4-3-5-6-7(4)2;10*1-2/h1,3-6H2,2H3;4,6H,1,3,5H2,2H3;3-4H,1,5-6H2,2H3;2*1,4-5H2,2-3H3;1,3-5H2,2H3;1,3-5H2,2H3;3,5H,1,4H2,2H3;1,3-4H2,2H3;1,3H2,2H3;10*1-2H3. The predicted octanol–water partition coefficient (Wildman–Crippen LogP) is 20.1. The Morgan fingerprint density at radius 1 is 0.440 bits per heavy atom. The van der Waals surface area contributed by atoms with E-state index in [0.29, 0.717) is 44.3 Å². The number of hydrogen-bond acceptors (Lipinski definition) is 19. The van der Waals surface area contributed by atoms with Gasteiger partial charge >= 0.3 is 0 Å². The van der Waals surface area contributed by atoms with Gasteiger partial charge in [-0.3, -0.25) is 19.0 Å². The van der Waals surface area contributed by atoms with Crippen molar-refractivity contribution in [2.75, 3.05) is 162 Å². The molecule has 592 valence electrons. The lowest BCUT2D eigenvalue weighted by Gasteiger charge is -2.33. The summed E-state index contributed by atoms with van der Waals surface area (Å²) in [6.07, 6.45) is 23.4. The molecule has 0 saturated carbocycles. The third-order valence-corrected chi connectivity index (χ3v) is 16.2. The minimum Gasteiger partial charge on any atom is -0.464 e. The van der Waals surface area contributed by atoms with Crippen LogP contribution in [0.2, 0.25) is 0 Å². The quantitative estimate of drug-likeness (QED) is 0.169. The Bertz CT molecular complexity index is 2200. The second-order valence-electron chi connectivity index (χ2n) is 20.9. The Hall–Kier alpha value is -5.93. The fourth-order valence-electron chi connectivity index (χ4n) is 7.29. The molecule has 20 heteroatoms. The van der Waals surface area contributed by atoms with Gasteiger partial charge in [0, 0.05) is 137 Å². The molecule has 0 spiro atoms. The van der Waals surface area contributed by atoms with Crippen LogP contribution in [-0.4, -0.2) is 231 Å². The molecule has 0 aromatic carbocycles. The first-order valence-corrected chi connectivity index (χ1v) is 40.1. The number of hydrogen-bond donors (Lipinski definition) is 0. The largest absolute Gasteiger partial charge is 0.464 e. The van der Waals surface area contributed by atoms with Crippen LogP contribution in [0.15, 0.2) is 170 Å². The zero-order valence-corrected chi connectivity index (χ0v) is 73.4. The molecule has 0 N–H and O–H groups in total. The molecule has 10 aliphatic heterocycles. The molecule has 6 fully saturated rings. The molecule has 10 heterocycles. The van der Waals surface area contributed by atoms with Gasteiger partial charge < -0.3 is 58.3 Å². The first-order chi connectivity index (χ1) is 47.5. The SMILES string of the molecule is C=C1CC=CCN1C.C=C1CC=CN1C.C=C1CCC=CN1C.C=C1CCCCN1C.C=C1CCCN1C.C=C1CN=NN1C.C=C1CS(=C)(=O)CN1C.C=C1OCN(C)CN1C.C=C1OCOCN1C.C=C1SCN(C)CN1C.CC.CC.CC.CC.CC.CC.CC.CC.CC.CC. The molecule has 0 radical (unpaired) electrons. The number of likely N-dealkylation sites (tertiary alicyclic amines) is 2. The molecule has 10 aliphatic rings. The van der Waals surface area contributed by atoms with E-state index in [1.54, 1.807) is 21.7 Å². The van der Waals surface area contributed by atoms with Crippen molar-refractivity contribution in [3.05, 3.63) is 159 Å².